The summed E-state index contributed by atoms with van der Waals surface area (Å²) in [6.45, 7) is 2.22. The van der Waals surface area contributed by atoms with Gasteiger partial charge in [0.2, 0.25) is 5.88 Å². The smallest absolute Gasteiger partial charge is 0.338 e. The second-order valence-electron chi connectivity index (χ2n) is 6.35. The first kappa shape index (κ1) is 17.0. The number of unbranched alkanes of at least 4 members (excludes halogenated alkanes) is 1. The van der Waals surface area contributed by atoms with Gasteiger partial charge in [-0.15, -0.1) is 0 Å². The van der Waals surface area contributed by atoms with Crippen molar-refractivity contribution >= 4 is 5.84 Å². The molecule has 2 aromatic rings. The van der Waals surface area contributed by atoms with Crippen LogP contribution in [0.5, 0.6) is 5.88 Å². The molecule has 0 bridgehead atoms. The summed E-state index contributed by atoms with van der Waals surface area (Å²) in [6.07, 6.45) is 4.45. The first-order valence-electron chi connectivity index (χ1n) is 8.51. The van der Waals surface area contributed by atoms with Gasteiger partial charge in [0.25, 0.3) is 5.56 Å². The highest BCUT2D eigenvalue weighted by Crippen LogP contribution is 2.24. The van der Waals surface area contributed by atoms with Crippen LogP contribution >= 0.6 is 0 Å². The summed E-state index contributed by atoms with van der Waals surface area (Å²) in [5.41, 5.74) is 6.59. The Hall–Kier alpha value is -2.83. The zero-order valence-corrected chi connectivity index (χ0v) is 14.2. The summed E-state index contributed by atoms with van der Waals surface area (Å²) >= 11 is 0. The second-order valence-corrected chi connectivity index (χ2v) is 6.35. The summed E-state index contributed by atoms with van der Waals surface area (Å²) in [6, 6.07) is 5.51. The van der Waals surface area contributed by atoms with Crippen molar-refractivity contribution in [3.05, 3.63) is 55.7 Å². The number of nitrogens with one attached hydrogen (secondary N) is 1. The van der Waals surface area contributed by atoms with E-state index in [1.54, 1.807) is 6.07 Å². The van der Waals surface area contributed by atoms with Gasteiger partial charge < -0.3 is 10.8 Å². The first-order valence-corrected chi connectivity index (χ1v) is 8.51. The molecule has 0 fully saturated rings. The molecule has 3 rings (SSSR count). The highest BCUT2D eigenvalue weighted by atomic mass is 16.3. The van der Waals surface area contributed by atoms with Crippen LogP contribution in [0.4, 0.5) is 0 Å². The quantitative estimate of drug-likeness (QED) is 0.561. The lowest BCUT2D eigenvalue weighted by Gasteiger charge is -2.15. The van der Waals surface area contributed by atoms with E-state index in [4.69, 9.17) is 11.1 Å². The number of aromatic nitrogens is 2. The van der Waals surface area contributed by atoms with E-state index >= 15 is 0 Å². The Balaban J connectivity index is 2.28. The number of nitrogens with zero attached hydrogens (tertiary/aromatic N) is 2. The maximum atomic E-state index is 12.8. The molecule has 1 heterocycles. The number of nitrogens with two attached hydrogens (primary N) is 1. The molecule has 1 aromatic heterocycles. The molecular formula is C18H22N4O3. The van der Waals surface area contributed by atoms with Gasteiger partial charge in [-0.25, -0.2) is 9.36 Å². The van der Waals surface area contributed by atoms with Crippen molar-refractivity contribution in [2.45, 2.75) is 45.6 Å². The van der Waals surface area contributed by atoms with Crippen molar-refractivity contribution in [1.82, 2.24) is 9.13 Å². The molecule has 0 atom stereocenters. The standard InChI is InChI=1S/C18H22N4O3/c1-2-3-9-21-16(23)14(15(19)20)17(24)22(18(21)25)13-8-7-11-5-4-6-12(11)10-13/h7-8,10,23H,2-6,9H2,1H3,(H3,19,20). The Morgan fingerprint density at radius 2 is 2.00 bits per heavy atom. The maximum absolute atomic E-state index is 12.8. The third-order valence-corrected chi connectivity index (χ3v) is 4.66. The minimum atomic E-state index is -0.763. The van der Waals surface area contributed by atoms with Crippen LogP contribution in [0.2, 0.25) is 0 Å². The number of aryl methyl sites for hydroxylation is 2. The minimum Gasteiger partial charge on any atom is -0.494 e. The number of aromatic hydroxyl groups is 1. The highest BCUT2D eigenvalue weighted by Gasteiger charge is 2.22. The fraction of sp³-hybridized carbons (Fsp3) is 0.389. The summed E-state index contributed by atoms with van der Waals surface area (Å²) in [4.78, 5) is 25.6. The Morgan fingerprint density at radius 1 is 1.28 bits per heavy atom. The van der Waals surface area contributed by atoms with E-state index in [0.29, 0.717) is 12.1 Å². The molecule has 25 heavy (non-hydrogen) atoms. The maximum Gasteiger partial charge on any atom is 0.338 e. The predicted molar refractivity (Wildman–Crippen MR) is 95.9 cm³/mol. The number of amidine groups is 1. The molecule has 0 unspecified atom stereocenters. The van der Waals surface area contributed by atoms with Crippen molar-refractivity contribution in [3.8, 4) is 11.6 Å². The van der Waals surface area contributed by atoms with Gasteiger partial charge in [0.1, 0.15) is 11.4 Å². The van der Waals surface area contributed by atoms with E-state index in [2.05, 4.69) is 0 Å². The van der Waals surface area contributed by atoms with Crippen LogP contribution in [0, 0.1) is 5.41 Å². The van der Waals surface area contributed by atoms with Crippen LogP contribution in [-0.2, 0) is 19.4 Å². The number of fused-ring (bicyclic) bond motifs is 1. The molecule has 132 valence electrons. The molecule has 4 N–H and O–H groups in total. The Morgan fingerprint density at radius 3 is 2.68 bits per heavy atom. The third-order valence-electron chi connectivity index (χ3n) is 4.66. The minimum absolute atomic E-state index is 0.257. The van der Waals surface area contributed by atoms with Gasteiger partial charge in [0.15, 0.2) is 0 Å². The predicted octanol–water partition coefficient (Wildman–Crippen LogP) is 1.28. The summed E-state index contributed by atoms with van der Waals surface area (Å²) in [5.74, 6) is -1.09. The lowest BCUT2D eigenvalue weighted by Crippen LogP contribution is -2.42. The Labute approximate surface area is 144 Å². The molecule has 0 amide bonds. The first-order chi connectivity index (χ1) is 12.0. The molecule has 0 aliphatic heterocycles. The van der Waals surface area contributed by atoms with Crippen LogP contribution in [0.3, 0.4) is 0 Å². The number of nitrogen functional groups attached to an aromatic ring is 1. The van der Waals surface area contributed by atoms with Crippen LogP contribution < -0.4 is 17.0 Å². The molecular weight excluding hydrogens is 320 g/mol. The van der Waals surface area contributed by atoms with Crippen LogP contribution in [0.25, 0.3) is 5.69 Å². The number of hydrogen-bond acceptors (Lipinski definition) is 4. The zero-order chi connectivity index (χ0) is 18.1. The van der Waals surface area contributed by atoms with Gasteiger partial charge in [-0.2, -0.15) is 0 Å². The fourth-order valence-electron chi connectivity index (χ4n) is 3.32. The fourth-order valence-corrected chi connectivity index (χ4v) is 3.32. The van der Waals surface area contributed by atoms with E-state index < -0.39 is 23.0 Å². The number of benzene rings is 1. The second kappa shape index (κ2) is 6.58. The molecule has 0 radical (unpaired) electrons. The molecule has 1 aliphatic rings. The lowest BCUT2D eigenvalue weighted by atomic mass is 10.1. The van der Waals surface area contributed by atoms with Crippen molar-refractivity contribution in [2.75, 3.05) is 0 Å². The van der Waals surface area contributed by atoms with Crippen LogP contribution in [-0.4, -0.2) is 20.1 Å². The van der Waals surface area contributed by atoms with Crippen molar-refractivity contribution < 1.29 is 5.11 Å². The average molecular weight is 342 g/mol. The van der Waals surface area contributed by atoms with Crippen molar-refractivity contribution in [2.24, 2.45) is 5.73 Å². The molecule has 1 aromatic carbocycles. The highest BCUT2D eigenvalue weighted by molar-refractivity contribution is 5.96. The van der Waals surface area contributed by atoms with E-state index in [1.807, 2.05) is 19.1 Å². The van der Waals surface area contributed by atoms with Gasteiger partial charge in [-0.3, -0.25) is 14.8 Å². The SMILES string of the molecule is CCCCn1c(O)c(C(=N)N)c(=O)n(-c2ccc3c(c2)CCC3)c1=O. The van der Waals surface area contributed by atoms with Gasteiger partial charge in [0.05, 0.1) is 5.69 Å². The summed E-state index contributed by atoms with van der Waals surface area (Å²) < 4.78 is 2.12. The Kier molecular flexibility index (Phi) is 4.48. The topological polar surface area (TPSA) is 114 Å². The van der Waals surface area contributed by atoms with Crippen molar-refractivity contribution in [3.63, 3.8) is 0 Å². The number of rotatable bonds is 5. The molecule has 7 nitrogen and oxygen atoms in total. The van der Waals surface area contributed by atoms with Gasteiger partial charge in [-0.1, -0.05) is 19.4 Å². The van der Waals surface area contributed by atoms with Crippen molar-refractivity contribution in [1.29, 1.82) is 5.41 Å². The number of hydrogen-bond donors (Lipinski definition) is 3. The molecule has 0 saturated carbocycles. The molecule has 1 aliphatic carbocycles. The van der Waals surface area contributed by atoms with E-state index in [0.717, 1.165) is 40.4 Å². The largest absolute Gasteiger partial charge is 0.494 e. The van der Waals surface area contributed by atoms with E-state index in [-0.39, 0.29) is 12.1 Å². The van der Waals surface area contributed by atoms with Gasteiger partial charge in [0, 0.05) is 6.54 Å². The Bertz CT molecular complexity index is 956. The zero-order valence-electron chi connectivity index (χ0n) is 14.2. The van der Waals surface area contributed by atoms with Gasteiger partial charge >= 0.3 is 5.69 Å². The summed E-state index contributed by atoms with van der Waals surface area (Å²) in [7, 11) is 0. The average Bonchev–Trinajstić information content (AvgIpc) is 3.02. The third kappa shape index (κ3) is 2.86. The summed E-state index contributed by atoms with van der Waals surface area (Å²) in [5, 5.41) is 17.9. The lowest BCUT2D eigenvalue weighted by molar-refractivity contribution is 0.390. The van der Waals surface area contributed by atoms with Gasteiger partial charge in [-0.05, 0) is 48.9 Å². The van der Waals surface area contributed by atoms with Crippen LogP contribution in [0.1, 0.15) is 42.9 Å². The monoisotopic (exact) mass is 342 g/mol. The van der Waals surface area contributed by atoms with E-state index in [1.165, 1.54) is 5.56 Å². The normalized spacial score (nSPS) is 13.0. The van der Waals surface area contributed by atoms with Crippen LogP contribution in [0.15, 0.2) is 27.8 Å². The molecule has 0 spiro atoms. The van der Waals surface area contributed by atoms with E-state index in [9.17, 15) is 14.7 Å². The molecule has 7 heteroatoms. The molecule has 0 saturated heterocycles.